The largest absolute Gasteiger partial charge is 0.355 e. The summed E-state index contributed by atoms with van der Waals surface area (Å²) in [4.78, 5) is 17.4. The third-order valence-corrected chi connectivity index (χ3v) is 5.94. The van der Waals surface area contributed by atoms with Gasteiger partial charge in [-0.05, 0) is 76.2 Å². The van der Waals surface area contributed by atoms with Gasteiger partial charge in [-0.2, -0.15) is 0 Å². The fourth-order valence-electron chi connectivity index (χ4n) is 3.25. The van der Waals surface area contributed by atoms with Crippen LogP contribution >= 0.6 is 0 Å². The molecule has 4 aromatic rings. The predicted octanol–water partition coefficient (Wildman–Crippen LogP) is 4.20. The maximum absolute atomic E-state index is 12.7. The van der Waals surface area contributed by atoms with Crippen LogP contribution in [0.3, 0.4) is 0 Å². The van der Waals surface area contributed by atoms with Crippen molar-refractivity contribution in [3.8, 4) is 0 Å². The van der Waals surface area contributed by atoms with Crippen LogP contribution in [-0.4, -0.2) is 28.4 Å². The number of nitrogens with one attached hydrogen (secondary N) is 2. The van der Waals surface area contributed by atoms with E-state index in [2.05, 4.69) is 30.0 Å². The van der Waals surface area contributed by atoms with Crippen LogP contribution in [0.25, 0.3) is 11.0 Å². The maximum atomic E-state index is 12.7. The molecule has 3 aromatic heterocycles. The van der Waals surface area contributed by atoms with Gasteiger partial charge >= 0.3 is 0 Å². The zero-order valence-electron chi connectivity index (χ0n) is 17.6. The van der Waals surface area contributed by atoms with Crippen LogP contribution in [0.2, 0.25) is 0 Å². The van der Waals surface area contributed by atoms with E-state index in [-0.39, 0.29) is 10.8 Å². The molecule has 4 rings (SSSR count). The highest BCUT2D eigenvalue weighted by Crippen LogP contribution is 2.26. The number of nitrogens with zero attached hydrogens (tertiary/aromatic N) is 4. The summed E-state index contributed by atoms with van der Waals surface area (Å²) in [6, 6.07) is 14.1. The van der Waals surface area contributed by atoms with Gasteiger partial charge in [-0.3, -0.25) is 0 Å². The van der Waals surface area contributed by atoms with Crippen molar-refractivity contribution in [2.45, 2.75) is 32.6 Å². The molecular weight excluding hydrogens is 412 g/mol. The molecule has 31 heavy (non-hydrogen) atoms. The summed E-state index contributed by atoms with van der Waals surface area (Å²) in [5.41, 5.74) is 5.38. The fraction of sp³-hybridized carbons (Fsp3) is 0.182. The lowest BCUT2D eigenvalue weighted by atomic mass is 10.2. The minimum absolute atomic E-state index is 0.0567. The zero-order valence-corrected chi connectivity index (χ0v) is 18.4. The minimum atomic E-state index is -3.81. The Morgan fingerprint density at radius 2 is 1.32 bits per heavy atom. The molecule has 1 aromatic carbocycles. The number of hydrogen-bond acceptors (Lipinski definition) is 7. The Bertz CT molecular complexity index is 1360. The predicted molar refractivity (Wildman–Crippen MR) is 121 cm³/mol. The molecule has 0 aliphatic heterocycles. The normalized spacial score (nSPS) is 11.5. The third-order valence-electron chi connectivity index (χ3n) is 4.59. The molecule has 0 saturated heterocycles. The van der Waals surface area contributed by atoms with Gasteiger partial charge in [0.25, 0.3) is 10.0 Å². The Hall–Kier alpha value is -3.59. The first-order valence-electron chi connectivity index (χ1n) is 9.67. The molecule has 0 spiro atoms. The van der Waals surface area contributed by atoms with Gasteiger partial charge in [0.05, 0.1) is 10.6 Å². The number of benzene rings is 1. The van der Waals surface area contributed by atoms with Gasteiger partial charge in [0.1, 0.15) is 0 Å². The van der Waals surface area contributed by atoms with Crippen molar-refractivity contribution in [2.24, 2.45) is 0 Å². The van der Waals surface area contributed by atoms with E-state index < -0.39 is 10.0 Å². The lowest BCUT2D eigenvalue weighted by molar-refractivity contribution is 0.601. The highest BCUT2D eigenvalue weighted by Gasteiger charge is 2.16. The summed E-state index contributed by atoms with van der Waals surface area (Å²) >= 11 is 0. The van der Waals surface area contributed by atoms with Crippen LogP contribution in [0.1, 0.15) is 22.8 Å². The molecule has 0 aliphatic rings. The summed E-state index contributed by atoms with van der Waals surface area (Å²) in [5.74, 6) is 0.0567. The van der Waals surface area contributed by atoms with E-state index in [9.17, 15) is 8.42 Å². The SMILES string of the molecule is Cc1cc(C)nc(NS(=O)(=O)c2ccc(Nc3cc(C)nc4nc(C)ccc34)cc2)n1. The molecule has 0 unspecified atom stereocenters. The second-order valence-electron chi connectivity index (χ2n) is 7.36. The van der Waals surface area contributed by atoms with E-state index in [1.54, 1.807) is 32.0 Å². The van der Waals surface area contributed by atoms with Gasteiger partial charge in [0, 0.05) is 33.8 Å². The van der Waals surface area contributed by atoms with Crippen molar-refractivity contribution in [3.05, 3.63) is 71.3 Å². The molecule has 9 heteroatoms. The number of fused-ring (bicyclic) bond motifs is 1. The Labute approximate surface area is 180 Å². The van der Waals surface area contributed by atoms with Crippen LogP contribution in [0.15, 0.2) is 53.4 Å². The molecule has 0 saturated carbocycles. The van der Waals surface area contributed by atoms with Gasteiger partial charge in [0.2, 0.25) is 5.95 Å². The van der Waals surface area contributed by atoms with Crippen molar-refractivity contribution < 1.29 is 8.42 Å². The molecule has 0 amide bonds. The first-order chi connectivity index (χ1) is 14.7. The van der Waals surface area contributed by atoms with Crippen LogP contribution < -0.4 is 10.0 Å². The van der Waals surface area contributed by atoms with E-state index in [1.165, 1.54) is 12.1 Å². The number of pyridine rings is 2. The second-order valence-corrected chi connectivity index (χ2v) is 9.05. The highest BCUT2D eigenvalue weighted by molar-refractivity contribution is 7.92. The summed E-state index contributed by atoms with van der Waals surface area (Å²) in [6.07, 6.45) is 0. The Kier molecular flexibility index (Phi) is 5.28. The summed E-state index contributed by atoms with van der Waals surface area (Å²) in [7, 11) is -3.81. The number of anilines is 3. The average Bonchev–Trinajstić information content (AvgIpc) is 2.66. The summed E-state index contributed by atoms with van der Waals surface area (Å²) < 4.78 is 27.9. The van der Waals surface area contributed by atoms with Crippen LogP contribution in [0.5, 0.6) is 0 Å². The highest BCUT2D eigenvalue weighted by atomic mass is 32.2. The molecule has 0 fully saturated rings. The molecular formula is C22H22N6O2S. The molecule has 8 nitrogen and oxygen atoms in total. The van der Waals surface area contributed by atoms with Gasteiger partial charge < -0.3 is 5.32 Å². The van der Waals surface area contributed by atoms with Crippen molar-refractivity contribution in [1.29, 1.82) is 0 Å². The molecule has 158 valence electrons. The van der Waals surface area contributed by atoms with Gasteiger partial charge in [-0.15, -0.1) is 0 Å². The van der Waals surface area contributed by atoms with Gasteiger partial charge in [0.15, 0.2) is 5.65 Å². The maximum Gasteiger partial charge on any atom is 0.264 e. The topological polar surface area (TPSA) is 110 Å². The Morgan fingerprint density at radius 1 is 0.710 bits per heavy atom. The van der Waals surface area contributed by atoms with E-state index >= 15 is 0 Å². The number of sulfonamides is 1. The van der Waals surface area contributed by atoms with E-state index in [0.717, 1.165) is 28.1 Å². The third kappa shape index (κ3) is 4.61. The second kappa shape index (κ2) is 7.92. The first kappa shape index (κ1) is 20.7. The standard InChI is InChI=1S/C22H22N6O2S/c1-13-5-10-19-20(12-16(4)24-21(19)23-13)27-17-6-8-18(9-7-17)31(29,30)28-22-25-14(2)11-15(3)26-22/h5-12H,1-4H3,(H,23,24,27)(H,25,26,28). The van der Waals surface area contributed by atoms with Gasteiger partial charge in [-0.25, -0.2) is 33.1 Å². The molecule has 0 atom stereocenters. The first-order valence-corrected chi connectivity index (χ1v) is 11.2. The monoisotopic (exact) mass is 434 g/mol. The number of hydrogen-bond donors (Lipinski definition) is 2. The smallest absolute Gasteiger partial charge is 0.264 e. The Balaban J connectivity index is 1.59. The van der Waals surface area contributed by atoms with Crippen LogP contribution in [0.4, 0.5) is 17.3 Å². The van der Waals surface area contributed by atoms with Crippen LogP contribution in [-0.2, 0) is 10.0 Å². The Morgan fingerprint density at radius 3 is 2.00 bits per heavy atom. The molecule has 2 N–H and O–H groups in total. The number of rotatable bonds is 5. The minimum Gasteiger partial charge on any atom is -0.355 e. The zero-order chi connectivity index (χ0) is 22.2. The van der Waals surface area contributed by atoms with E-state index in [1.807, 2.05) is 32.0 Å². The molecule has 0 aliphatic carbocycles. The van der Waals surface area contributed by atoms with Crippen LogP contribution in [0, 0.1) is 27.7 Å². The average molecular weight is 435 g/mol. The van der Waals surface area contributed by atoms with E-state index in [0.29, 0.717) is 17.0 Å². The molecule has 3 heterocycles. The lowest BCUT2D eigenvalue weighted by Gasteiger charge is -2.12. The van der Waals surface area contributed by atoms with Crippen molar-refractivity contribution >= 4 is 38.4 Å². The van der Waals surface area contributed by atoms with Crippen molar-refractivity contribution in [1.82, 2.24) is 19.9 Å². The number of aromatic nitrogens is 4. The summed E-state index contributed by atoms with van der Waals surface area (Å²) in [5, 5.41) is 4.22. The van der Waals surface area contributed by atoms with Crippen molar-refractivity contribution in [2.75, 3.05) is 10.0 Å². The summed E-state index contributed by atoms with van der Waals surface area (Å²) in [6.45, 7) is 7.40. The van der Waals surface area contributed by atoms with Gasteiger partial charge in [-0.1, -0.05) is 0 Å². The molecule has 0 radical (unpaired) electrons. The number of aryl methyl sites for hydroxylation is 4. The quantitative estimate of drug-likeness (QED) is 0.484. The van der Waals surface area contributed by atoms with E-state index in [4.69, 9.17) is 0 Å². The van der Waals surface area contributed by atoms with Crippen molar-refractivity contribution in [3.63, 3.8) is 0 Å². The fourth-order valence-corrected chi connectivity index (χ4v) is 4.20. The lowest BCUT2D eigenvalue weighted by Crippen LogP contribution is -2.15. The molecule has 0 bridgehead atoms.